The van der Waals surface area contributed by atoms with E-state index >= 15 is 0 Å². The van der Waals surface area contributed by atoms with Crippen LogP contribution in [0.15, 0.2) is 24.3 Å². The Morgan fingerprint density at radius 1 is 1.10 bits per heavy atom. The number of piperazine rings is 1. The molecule has 3 N–H and O–H groups in total. The van der Waals surface area contributed by atoms with Gasteiger partial charge in [0.15, 0.2) is 0 Å². The molecule has 11 heteroatoms. The zero-order chi connectivity index (χ0) is 28.7. The Kier molecular flexibility index (Phi) is 14.5. The maximum Gasteiger partial charge on any atom is 0.251 e. The highest BCUT2D eigenvalue weighted by Crippen LogP contribution is 2.36. The molecule has 1 saturated carbocycles. The van der Waals surface area contributed by atoms with Crippen molar-refractivity contribution in [3.63, 3.8) is 0 Å². The van der Waals surface area contributed by atoms with Gasteiger partial charge >= 0.3 is 0 Å². The highest BCUT2D eigenvalue weighted by atomic mass is 35.5. The fraction of sp³-hybridized carbons (Fsp3) is 0.710. The first-order valence-corrected chi connectivity index (χ1v) is 15.3. The summed E-state index contributed by atoms with van der Waals surface area (Å²) < 4.78 is 0. The summed E-state index contributed by atoms with van der Waals surface area (Å²) in [5, 5.41) is 17.1. The number of rotatable bonds is 11. The Hall–Kier alpha value is -1.91. The van der Waals surface area contributed by atoms with Crippen molar-refractivity contribution in [2.75, 3.05) is 46.8 Å². The van der Waals surface area contributed by atoms with Crippen LogP contribution in [0.25, 0.3) is 0 Å². The maximum atomic E-state index is 13.8. The minimum absolute atomic E-state index is 0. The molecule has 2 saturated heterocycles. The number of aliphatic hydroxyl groups excluding tert-OH is 1. The molecular weight excluding hydrogens is 577 g/mol. The first kappa shape index (κ1) is 36.3. The smallest absolute Gasteiger partial charge is 0.251 e. The quantitative estimate of drug-likeness (QED) is 0.348. The summed E-state index contributed by atoms with van der Waals surface area (Å²) in [5.74, 6) is -0.214. The van der Waals surface area contributed by atoms with E-state index in [1.165, 1.54) is 6.42 Å². The fourth-order valence-corrected chi connectivity index (χ4v) is 6.55. The van der Waals surface area contributed by atoms with Crippen molar-refractivity contribution in [3.05, 3.63) is 35.4 Å². The summed E-state index contributed by atoms with van der Waals surface area (Å²) in [4.78, 5) is 46.0. The second kappa shape index (κ2) is 16.8. The molecule has 1 aliphatic carbocycles. The Balaban J connectivity index is 0.00000308. The van der Waals surface area contributed by atoms with Crippen LogP contribution in [0.5, 0.6) is 0 Å². The number of likely N-dealkylation sites (N-methyl/N-ethyl adjacent to an activating group) is 1. The maximum absolute atomic E-state index is 13.8. The van der Waals surface area contributed by atoms with E-state index in [9.17, 15) is 19.5 Å². The van der Waals surface area contributed by atoms with Gasteiger partial charge in [-0.25, -0.2) is 0 Å². The average molecular weight is 629 g/mol. The number of hydrogen-bond acceptors (Lipinski definition) is 6. The van der Waals surface area contributed by atoms with E-state index in [1.807, 2.05) is 48.2 Å². The van der Waals surface area contributed by atoms with Crippen LogP contribution in [-0.2, 0) is 16.1 Å². The molecule has 9 nitrogen and oxygen atoms in total. The molecule has 2 heterocycles. The molecule has 0 aromatic heterocycles. The summed E-state index contributed by atoms with van der Waals surface area (Å²) in [6.45, 7) is 6.17. The van der Waals surface area contributed by atoms with Gasteiger partial charge in [-0.2, -0.15) is 0 Å². The predicted octanol–water partition coefficient (Wildman–Crippen LogP) is 3.22. The van der Waals surface area contributed by atoms with Crippen LogP contribution in [-0.4, -0.2) is 102 Å². The number of unbranched alkanes of at least 4 members (excludes halogenated alkanes) is 1. The first-order chi connectivity index (χ1) is 19.2. The molecule has 2 atom stereocenters. The number of benzene rings is 1. The number of nitrogens with one attached hydrogen (secondary N) is 2. The lowest BCUT2D eigenvalue weighted by Crippen LogP contribution is -2.75. The van der Waals surface area contributed by atoms with Gasteiger partial charge in [-0.3, -0.25) is 19.3 Å². The molecule has 1 aromatic rings. The van der Waals surface area contributed by atoms with E-state index in [0.717, 1.165) is 57.2 Å². The molecule has 4 rings (SSSR count). The van der Waals surface area contributed by atoms with Gasteiger partial charge < -0.3 is 25.5 Å². The van der Waals surface area contributed by atoms with Crippen LogP contribution < -0.4 is 10.6 Å². The molecule has 3 aliphatic rings. The first-order valence-electron chi connectivity index (χ1n) is 15.3. The lowest BCUT2D eigenvalue weighted by atomic mass is 9.78. The van der Waals surface area contributed by atoms with E-state index < -0.39 is 17.7 Å². The molecule has 3 amide bonds. The van der Waals surface area contributed by atoms with Crippen LogP contribution in [0.1, 0.15) is 80.6 Å². The SMILES string of the molecule is CCCCN1C(=O)[C@@H]([C@H](O)C2CCCCC2)NC(=O)C12CCN(Cc1ccc(C(=O)NCCN(C)C)cc1)CC2.Cl.Cl. The van der Waals surface area contributed by atoms with Crippen LogP contribution >= 0.6 is 24.8 Å². The number of aliphatic hydroxyl groups is 1. The number of hydrogen-bond donors (Lipinski definition) is 3. The van der Waals surface area contributed by atoms with Crippen molar-refractivity contribution >= 4 is 42.5 Å². The average Bonchev–Trinajstić information content (AvgIpc) is 2.96. The van der Waals surface area contributed by atoms with E-state index in [1.54, 1.807) is 0 Å². The van der Waals surface area contributed by atoms with Crippen molar-refractivity contribution in [2.45, 2.75) is 88.9 Å². The Morgan fingerprint density at radius 3 is 2.33 bits per heavy atom. The molecule has 0 radical (unpaired) electrons. The van der Waals surface area contributed by atoms with Gasteiger partial charge in [-0.15, -0.1) is 24.8 Å². The normalized spacial score (nSPS) is 21.8. The third-order valence-corrected chi connectivity index (χ3v) is 9.12. The van der Waals surface area contributed by atoms with Gasteiger partial charge in [-0.1, -0.05) is 44.7 Å². The van der Waals surface area contributed by atoms with Gasteiger partial charge in [0.25, 0.3) is 5.91 Å². The minimum atomic E-state index is -0.847. The second-order valence-corrected chi connectivity index (χ2v) is 12.2. The summed E-state index contributed by atoms with van der Waals surface area (Å²) in [6.07, 6.45) is 7.25. The van der Waals surface area contributed by atoms with E-state index in [4.69, 9.17) is 0 Å². The highest BCUT2D eigenvalue weighted by Gasteiger charge is 2.55. The highest BCUT2D eigenvalue weighted by molar-refractivity contribution is 6.00. The van der Waals surface area contributed by atoms with Crippen molar-refractivity contribution < 1.29 is 19.5 Å². The number of carbonyl (C=O) groups excluding carboxylic acids is 3. The Morgan fingerprint density at radius 2 is 1.74 bits per heavy atom. The molecule has 2 aliphatic heterocycles. The largest absolute Gasteiger partial charge is 0.390 e. The number of likely N-dealkylation sites (tertiary alicyclic amines) is 1. The zero-order valence-corrected chi connectivity index (χ0v) is 27.1. The summed E-state index contributed by atoms with van der Waals surface area (Å²) in [5.41, 5.74) is 0.914. The molecule has 3 fully saturated rings. The van der Waals surface area contributed by atoms with Crippen LogP contribution in [0, 0.1) is 5.92 Å². The Labute approximate surface area is 264 Å². The van der Waals surface area contributed by atoms with Crippen molar-refractivity contribution in [1.82, 2.24) is 25.3 Å². The van der Waals surface area contributed by atoms with Crippen molar-refractivity contribution in [1.29, 1.82) is 0 Å². The van der Waals surface area contributed by atoms with E-state index in [0.29, 0.717) is 44.6 Å². The number of halogens is 2. The monoisotopic (exact) mass is 627 g/mol. The lowest BCUT2D eigenvalue weighted by Gasteiger charge is -2.52. The van der Waals surface area contributed by atoms with E-state index in [-0.39, 0.29) is 48.5 Å². The van der Waals surface area contributed by atoms with Crippen molar-refractivity contribution in [2.24, 2.45) is 5.92 Å². The molecular formula is C31H51Cl2N5O4. The Bertz CT molecular complexity index is 1010. The van der Waals surface area contributed by atoms with E-state index in [2.05, 4.69) is 22.5 Å². The van der Waals surface area contributed by atoms with Gasteiger partial charge in [0.2, 0.25) is 11.8 Å². The topological polar surface area (TPSA) is 105 Å². The number of nitrogens with zero attached hydrogens (tertiary/aromatic N) is 3. The number of amides is 3. The third kappa shape index (κ3) is 8.59. The molecule has 1 aromatic carbocycles. The van der Waals surface area contributed by atoms with Crippen LogP contribution in [0.3, 0.4) is 0 Å². The molecule has 1 spiro atoms. The molecule has 0 bridgehead atoms. The molecule has 42 heavy (non-hydrogen) atoms. The number of carbonyl (C=O) groups is 3. The van der Waals surface area contributed by atoms with Gasteiger partial charge in [0, 0.05) is 44.8 Å². The predicted molar refractivity (Wildman–Crippen MR) is 170 cm³/mol. The third-order valence-electron chi connectivity index (χ3n) is 9.12. The molecule has 0 unspecified atom stereocenters. The van der Waals surface area contributed by atoms with Gasteiger partial charge in [-0.05, 0) is 69.8 Å². The number of piperidine rings is 1. The second-order valence-electron chi connectivity index (χ2n) is 12.2. The summed E-state index contributed by atoms with van der Waals surface area (Å²) in [7, 11) is 3.95. The molecule has 238 valence electrons. The van der Waals surface area contributed by atoms with Crippen molar-refractivity contribution in [3.8, 4) is 0 Å². The fourth-order valence-electron chi connectivity index (χ4n) is 6.55. The summed E-state index contributed by atoms with van der Waals surface area (Å²) >= 11 is 0. The lowest BCUT2D eigenvalue weighted by molar-refractivity contribution is -0.166. The van der Waals surface area contributed by atoms with Crippen LogP contribution in [0.4, 0.5) is 0 Å². The standard InChI is InChI=1S/C31H49N5O4.2ClH/c1-4-5-18-36-29(39)26(27(37)24-9-7-6-8-10-24)33-30(40)31(36)15-19-35(20-16-31)22-23-11-13-25(14-12-23)28(38)32-17-21-34(2)3;;/h11-14,24,26-27,37H,4-10,15-22H2,1-3H3,(H,32,38)(H,33,40);2*1H/t26-,27-;;/m1../s1. The van der Waals surface area contributed by atoms with Gasteiger partial charge in [0.1, 0.15) is 11.6 Å². The minimum Gasteiger partial charge on any atom is -0.390 e. The summed E-state index contributed by atoms with van der Waals surface area (Å²) in [6, 6.07) is 6.88. The van der Waals surface area contributed by atoms with Crippen LogP contribution in [0.2, 0.25) is 0 Å². The zero-order valence-electron chi connectivity index (χ0n) is 25.5. The van der Waals surface area contributed by atoms with Gasteiger partial charge in [0.05, 0.1) is 6.10 Å².